The van der Waals surface area contributed by atoms with Crippen LogP contribution in [-0.2, 0) is 4.79 Å². The van der Waals surface area contributed by atoms with E-state index in [2.05, 4.69) is 12.2 Å². The molecule has 4 heteroatoms. The Balaban J connectivity index is 2.19. The van der Waals surface area contributed by atoms with Crippen molar-refractivity contribution in [3.05, 3.63) is 22.7 Å². The van der Waals surface area contributed by atoms with Crippen molar-refractivity contribution < 1.29 is 9.53 Å². The Morgan fingerprint density at radius 1 is 1.53 bits per heavy atom. The summed E-state index contributed by atoms with van der Waals surface area (Å²) in [6.45, 7) is 3.98. The standard InChI is InChI=1S/C13H16ClNO2/c1-7-4-9(7)13(16)15-11-5-8(2)10(14)6-12(11)17-3/h5-7,9H,4H2,1-3H3,(H,15,16)/t7-,9+/m1/s1. The number of nitrogens with one attached hydrogen (secondary N) is 1. The Bertz CT molecular complexity index is 459. The van der Waals surface area contributed by atoms with Gasteiger partial charge in [-0.15, -0.1) is 0 Å². The van der Waals surface area contributed by atoms with Crippen molar-refractivity contribution in [2.75, 3.05) is 12.4 Å². The summed E-state index contributed by atoms with van der Waals surface area (Å²) in [5, 5.41) is 3.54. The summed E-state index contributed by atoms with van der Waals surface area (Å²) >= 11 is 6.01. The van der Waals surface area contributed by atoms with Crippen LogP contribution in [-0.4, -0.2) is 13.0 Å². The van der Waals surface area contributed by atoms with Gasteiger partial charge in [-0.25, -0.2) is 0 Å². The largest absolute Gasteiger partial charge is 0.495 e. The summed E-state index contributed by atoms with van der Waals surface area (Å²) in [4.78, 5) is 11.8. The van der Waals surface area contributed by atoms with Crippen molar-refractivity contribution in [3.8, 4) is 5.75 Å². The van der Waals surface area contributed by atoms with Gasteiger partial charge in [0.25, 0.3) is 0 Å². The lowest BCUT2D eigenvalue weighted by Crippen LogP contribution is -2.15. The third kappa shape index (κ3) is 2.55. The molecule has 1 aromatic rings. The molecule has 2 atom stereocenters. The Morgan fingerprint density at radius 2 is 2.18 bits per heavy atom. The lowest BCUT2D eigenvalue weighted by molar-refractivity contribution is -0.117. The first-order chi connectivity index (χ1) is 8.02. The maximum Gasteiger partial charge on any atom is 0.227 e. The molecule has 1 saturated carbocycles. The summed E-state index contributed by atoms with van der Waals surface area (Å²) in [6, 6.07) is 3.56. The number of methoxy groups -OCH3 is 1. The summed E-state index contributed by atoms with van der Waals surface area (Å²) in [6.07, 6.45) is 0.973. The number of carbonyl (C=O) groups is 1. The molecule has 0 aliphatic heterocycles. The Morgan fingerprint density at radius 3 is 2.71 bits per heavy atom. The minimum Gasteiger partial charge on any atom is -0.495 e. The first kappa shape index (κ1) is 12.2. The van der Waals surface area contributed by atoms with Crippen LogP contribution >= 0.6 is 11.6 Å². The van der Waals surface area contributed by atoms with Gasteiger partial charge in [0.05, 0.1) is 12.8 Å². The first-order valence-electron chi connectivity index (χ1n) is 5.68. The second-order valence-corrected chi connectivity index (χ2v) is 5.02. The molecule has 1 aliphatic carbocycles. The van der Waals surface area contributed by atoms with E-state index in [4.69, 9.17) is 16.3 Å². The zero-order valence-electron chi connectivity index (χ0n) is 10.2. The lowest BCUT2D eigenvalue weighted by Gasteiger charge is -2.12. The average molecular weight is 254 g/mol. The molecule has 0 spiro atoms. The number of anilines is 1. The fourth-order valence-corrected chi connectivity index (χ4v) is 2.00. The van der Waals surface area contributed by atoms with E-state index in [0.717, 1.165) is 12.0 Å². The molecule has 0 saturated heterocycles. The summed E-state index contributed by atoms with van der Waals surface area (Å²) in [5.41, 5.74) is 1.62. The van der Waals surface area contributed by atoms with Crippen molar-refractivity contribution in [2.24, 2.45) is 11.8 Å². The number of halogens is 1. The maximum absolute atomic E-state index is 11.8. The summed E-state index contributed by atoms with van der Waals surface area (Å²) in [5.74, 6) is 1.31. The molecule has 2 rings (SSSR count). The van der Waals surface area contributed by atoms with E-state index < -0.39 is 0 Å². The monoisotopic (exact) mass is 253 g/mol. The van der Waals surface area contributed by atoms with Gasteiger partial charge in [-0.3, -0.25) is 4.79 Å². The van der Waals surface area contributed by atoms with E-state index in [-0.39, 0.29) is 11.8 Å². The molecule has 0 aromatic heterocycles. The van der Waals surface area contributed by atoms with Gasteiger partial charge in [-0.1, -0.05) is 18.5 Å². The molecule has 0 heterocycles. The van der Waals surface area contributed by atoms with Crippen molar-refractivity contribution in [1.29, 1.82) is 0 Å². The quantitative estimate of drug-likeness (QED) is 0.898. The van der Waals surface area contributed by atoms with E-state index >= 15 is 0 Å². The fraction of sp³-hybridized carbons (Fsp3) is 0.462. The highest BCUT2D eigenvalue weighted by atomic mass is 35.5. The molecular weight excluding hydrogens is 238 g/mol. The molecule has 92 valence electrons. The number of carbonyl (C=O) groups excluding carboxylic acids is 1. The van der Waals surface area contributed by atoms with Gasteiger partial charge in [-0.2, -0.15) is 0 Å². The summed E-state index contributed by atoms with van der Waals surface area (Å²) < 4.78 is 5.21. The molecule has 0 radical (unpaired) electrons. The fourth-order valence-electron chi connectivity index (χ4n) is 1.84. The van der Waals surface area contributed by atoms with Crippen LogP contribution in [0.3, 0.4) is 0 Å². The molecule has 1 N–H and O–H groups in total. The van der Waals surface area contributed by atoms with Gasteiger partial charge in [0.1, 0.15) is 5.75 Å². The van der Waals surface area contributed by atoms with Gasteiger partial charge in [0.15, 0.2) is 0 Å². The minimum absolute atomic E-state index is 0.0672. The zero-order valence-corrected chi connectivity index (χ0v) is 11.0. The number of hydrogen-bond donors (Lipinski definition) is 1. The molecule has 0 unspecified atom stereocenters. The number of ether oxygens (including phenoxy) is 1. The molecule has 3 nitrogen and oxygen atoms in total. The maximum atomic E-state index is 11.8. The van der Waals surface area contributed by atoms with Crippen LogP contribution < -0.4 is 10.1 Å². The average Bonchev–Trinajstić information content (AvgIpc) is 3.00. The van der Waals surface area contributed by atoms with Crippen LogP contribution in [0.2, 0.25) is 5.02 Å². The van der Waals surface area contributed by atoms with Crippen molar-refractivity contribution in [2.45, 2.75) is 20.3 Å². The predicted molar refractivity (Wildman–Crippen MR) is 68.6 cm³/mol. The van der Waals surface area contributed by atoms with Crippen molar-refractivity contribution in [3.63, 3.8) is 0 Å². The molecule has 1 aromatic carbocycles. The first-order valence-corrected chi connectivity index (χ1v) is 6.05. The molecule has 0 bridgehead atoms. The van der Waals surface area contributed by atoms with Crippen LogP contribution in [0.15, 0.2) is 12.1 Å². The topological polar surface area (TPSA) is 38.3 Å². The number of hydrogen-bond acceptors (Lipinski definition) is 2. The van der Waals surface area contributed by atoms with E-state index in [9.17, 15) is 4.79 Å². The molecule has 17 heavy (non-hydrogen) atoms. The number of benzene rings is 1. The summed E-state index contributed by atoms with van der Waals surface area (Å²) in [7, 11) is 1.57. The highest BCUT2D eigenvalue weighted by molar-refractivity contribution is 6.31. The third-order valence-electron chi connectivity index (χ3n) is 3.18. The minimum atomic E-state index is 0.0672. The van der Waals surface area contributed by atoms with Crippen molar-refractivity contribution >= 4 is 23.2 Å². The molecule has 1 fully saturated rings. The van der Waals surface area contributed by atoms with E-state index in [0.29, 0.717) is 22.4 Å². The Labute approximate surface area is 106 Å². The van der Waals surface area contributed by atoms with Crippen LogP contribution in [0.5, 0.6) is 5.75 Å². The number of aryl methyl sites for hydroxylation is 1. The number of amides is 1. The second-order valence-electron chi connectivity index (χ2n) is 4.61. The van der Waals surface area contributed by atoms with Crippen molar-refractivity contribution in [1.82, 2.24) is 0 Å². The normalized spacial score (nSPS) is 22.1. The van der Waals surface area contributed by atoms with Crippen LogP contribution in [0.4, 0.5) is 5.69 Å². The SMILES string of the molecule is COc1cc(Cl)c(C)cc1NC(=O)[C@H]1C[C@H]1C. The molecular formula is C13H16ClNO2. The lowest BCUT2D eigenvalue weighted by atomic mass is 10.2. The number of rotatable bonds is 3. The van der Waals surface area contributed by atoms with Gasteiger partial charge in [0.2, 0.25) is 5.91 Å². The molecule has 1 aliphatic rings. The van der Waals surface area contributed by atoms with Gasteiger partial charge >= 0.3 is 0 Å². The molecule has 1 amide bonds. The zero-order chi connectivity index (χ0) is 12.6. The highest BCUT2D eigenvalue weighted by Crippen LogP contribution is 2.39. The Kier molecular flexibility index (Phi) is 3.29. The third-order valence-corrected chi connectivity index (χ3v) is 3.59. The van der Waals surface area contributed by atoms with Gasteiger partial charge < -0.3 is 10.1 Å². The van der Waals surface area contributed by atoms with Crippen LogP contribution in [0.25, 0.3) is 0 Å². The predicted octanol–water partition coefficient (Wildman–Crippen LogP) is 3.25. The van der Waals surface area contributed by atoms with Gasteiger partial charge in [-0.05, 0) is 30.9 Å². The second kappa shape index (κ2) is 4.57. The Hall–Kier alpha value is -1.22. The van der Waals surface area contributed by atoms with Gasteiger partial charge in [0, 0.05) is 17.0 Å². The highest BCUT2D eigenvalue weighted by Gasteiger charge is 2.39. The van der Waals surface area contributed by atoms with E-state index in [1.165, 1.54) is 0 Å². The van der Waals surface area contributed by atoms with E-state index in [1.807, 2.05) is 13.0 Å². The smallest absolute Gasteiger partial charge is 0.227 e. The van der Waals surface area contributed by atoms with Crippen LogP contribution in [0.1, 0.15) is 18.9 Å². The van der Waals surface area contributed by atoms with E-state index in [1.54, 1.807) is 13.2 Å². The van der Waals surface area contributed by atoms with Crippen LogP contribution in [0, 0.1) is 18.8 Å².